The lowest BCUT2D eigenvalue weighted by Gasteiger charge is -2.32. The minimum atomic E-state index is -0.0978. The molecule has 1 aliphatic heterocycles. The van der Waals surface area contributed by atoms with Gasteiger partial charge in [0, 0.05) is 32.2 Å². The number of hydrogen-bond donors (Lipinski definition) is 0. The first-order valence-electron chi connectivity index (χ1n) is 6.54. The molecule has 0 N–H and O–H groups in total. The van der Waals surface area contributed by atoms with Crippen LogP contribution in [-0.2, 0) is 11.8 Å². The van der Waals surface area contributed by atoms with Gasteiger partial charge in [-0.1, -0.05) is 0 Å². The van der Waals surface area contributed by atoms with Crippen molar-refractivity contribution in [1.82, 2.24) is 19.7 Å². The Morgan fingerprint density at radius 2 is 2.15 bits per heavy atom. The fourth-order valence-electron chi connectivity index (χ4n) is 2.30. The summed E-state index contributed by atoms with van der Waals surface area (Å²) in [6, 6.07) is 5.57. The number of hydrogen-bond acceptors (Lipinski definition) is 4. The van der Waals surface area contributed by atoms with Crippen LogP contribution in [0, 0.1) is 0 Å². The normalized spacial score (nSPS) is 19.1. The Morgan fingerprint density at radius 3 is 2.85 bits per heavy atom. The van der Waals surface area contributed by atoms with E-state index >= 15 is 0 Å². The summed E-state index contributed by atoms with van der Waals surface area (Å²) in [5.74, 6) is -0.0482. The lowest BCUT2D eigenvalue weighted by molar-refractivity contribution is -0.0230. The molecule has 0 spiro atoms. The second-order valence-electron chi connectivity index (χ2n) is 4.77. The SMILES string of the molecule is Cn1ccc(C(=O)N2CCOC(c3ccncc3)C2)n1. The molecule has 1 amide bonds. The van der Waals surface area contributed by atoms with Gasteiger partial charge >= 0.3 is 0 Å². The van der Waals surface area contributed by atoms with Gasteiger partial charge in [-0.15, -0.1) is 0 Å². The van der Waals surface area contributed by atoms with Gasteiger partial charge in [0.25, 0.3) is 5.91 Å². The van der Waals surface area contributed by atoms with Crippen molar-refractivity contribution in [2.75, 3.05) is 19.7 Å². The van der Waals surface area contributed by atoms with E-state index in [4.69, 9.17) is 4.74 Å². The van der Waals surface area contributed by atoms with E-state index in [0.29, 0.717) is 25.4 Å². The number of nitrogens with zero attached hydrogens (tertiary/aromatic N) is 4. The fourth-order valence-corrected chi connectivity index (χ4v) is 2.30. The summed E-state index contributed by atoms with van der Waals surface area (Å²) in [4.78, 5) is 18.2. The lowest BCUT2D eigenvalue weighted by Crippen LogP contribution is -2.42. The minimum Gasteiger partial charge on any atom is -0.370 e. The smallest absolute Gasteiger partial charge is 0.274 e. The average Bonchev–Trinajstić information content (AvgIpc) is 2.94. The molecule has 1 saturated heterocycles. The summed E-state index contributed by atoms with van der Waals surface area (Å²) in [5, 5.41) is 4.16. The summed E-state index contributed by atoms with van der Waals surface area (Å²) in [6.45, 7) is 1.67. The van der Waals surface area contributed by atoms with Gasteiger partial charge in [0.2, 0.25) is 0 Å². The molecule has 6 nitrogen and oxygen atoms in total. The molecule has 1 atom stereocenters. The van der Waals surface area contributed by atoms with Gasteiger partial charge in [0.1, 0.15) is 11.8 Å². The first-order valence-corrected chi connectivity index (χ1v) is 6.54. The number of amides is 1. The van der Waals surface area contributed by atoms with E-state index in [2.05, 4.69) is 10.1 Å². The Hall–Kier alpha value is -2.21. The highest BCUT2D eigenvalue weighted by Gasteiger charge is 2.27. The summed E-state index contributed by atoms with van der Waals surface area (Å²) in [6.07, 6.45) is 5.14. The van der Waals surface area contributed by atoms with Crippen LogP contribution in [-0.4, -0.2) is 45.3 Å². The Kier molecular flexibility index (Phi) is 3.47. The third-order valence-corrected chi connectivity index (χ3v) is 3.36. The third kappa shape index (κ3) is 2.55. The van der Waals surface area contributed by atoms with Crippen LogP contribution >= 0.6 is 0 Å². The molecule has 20 heavy (non-hydrogen) atoms. The van der Waals surface area contributed by atoms with Crippen LogP contribution in [0.2, 0.25) is 0 Å². The van der Waals surface area contributed by atoms with E-state index in [0.717, 1.165) is 5.56 Å². The quantitative estimate of drug-likeness (QED) is 0.819. The van der Waals surface area contributed by atoms with Crippen molar-refractivity contribution in [3.63, 3.8) is 0 Å². The summed E-state index contributed by atoms with van der Waals surface area (Å²) in [5.41, 5.74) is 1.52. The van der Waals surface area contributed by atoms with Gasteiger partial charge in [-0.05, 0) is 23.8 Å². The van der Waals surface area contributed by atoms with Crippen molar-refractivity contribution in [3.8, 4) is 0 Å². The van der Waals surface area contributed by atoms with Crippen LogP contribution in [0.5, 0.6) is 0 Å². The highest BCUT2D eigenvalue weighted by atomic mass is 16.5. The molecule has 1 fully saturated rings. The van der Waals surface area contributed by atoms with E-state index < -0.39 is 0 Å². The molecule has 0 aliphatic carbocycles. The zero-order chi connectivity index (χ0) is 13.9. The predicted octanol–water partition coefficient (Wildman–Crippen LogP) is 1.03. The zero-order valence-corrected chi connectivity index (χ0v) is 11.3. The number of ether oxygens (including phenoxy) is 1. The van der Waals surface area contributed by atoms with Crippen LogP contribution < -0.4 is 0 Å². The molecule has 0 aromatic carbocycles. The van der Waals surface area contributed by atoms with Gasteiger partial charge in [-0.2, -0.15) is 5.10 Å². The molecule has 1 aliphatic rings. The number of aryl methyl sites for hydroxylation is 1. The highest BCUT2D eigenvalue weighted by molar-refractivity contribution is 5.92. The molecule has 3 heterocycles. The molecular weight excluding hydrogens is 256 g/mol. The lowest BCUT2D eigenvalue weighted by atomic mass is 10.1. The van der Waals surface area contributed by atoms with Crippen LogP contribution in [0.3, 0.4) is 0 Å². The summed E-state index contributed by atoms with van der Waals surface area (Å²) < 4.78 is 7.37. The predicted molar refractivity (Wildman–Crippen MR) is 72.0 cm³/mol. The highest BCUT2D eigenvalue weighted by Crippen LogP contribution is 2.22. The first-order chi connectivity index (χ1) is 9.74. The molecule has 1 unspecified atom stereocenters. The topological polar surface area (TPSA) is 60.2 Å². The van der Waals surface area contributed by atoms with Crippen LogP contribution in [0.4, 0.5) is 0 Å². The molecule has 104 valence electrons. The van der Waals surface area contributed by atoms with E-state index in [9.17, 15) is 4.79 Å². The van der Waals surface area contributed by atoms with E-state index in [1.54, 1.807) is 41.3 Å². The maximum absolute atomic E-state index is 12.4. The molecule has 2 aromatic rings. The molecule has 0 saturated carbocycles. The molecule has 2 aromatic heterocycles. The van der Waals surface area contributed by atoms with Gasteiger partial charge in [-0.25, -0.2) is 0 Å². The Labute approximate surface area is 117 Å². The van der Waals surface area contributed by atoms with Crippen molar-refractivity contribution in [2.45, 2.75) is 6.10 Å². The van der Waals surface area contributed by atoms with Gasteiger partial charge in [0.15, 0.2) is 0 Å². The number of rotatable bonds is 2. The van der Waals surface area contributed by atoms with Crippen LogP contribution in [0.1, 0.15) is 22.2 Å². The van der Waals surface area contributed by atoms with Crippen LogP contribution in [0.15, 0.2) is 36.8 Å². The van der Waals surface area contributed by atoms with E-state index in [-0.39, 0.29) is 12.0 Å². The second kappa shape index (κ2) is 5.42. The maximum atomic E-state index is 12.4. The third-order valence-electron chi connectivity index (χ3n) is 3.36. The molecule has 3 rings (SSSR count). The summed E-state index contributed by atoms with van der Waals surface area (Å²) in [7, 11) is 1.80. The van der Waals surface area contributed by atoms with Gasteiger partial charge in [-0.3, -0.25) is 14.5 Å². The standard InChI is InChI=1S/C14H16N4O2/c1-17-7-4-12(16-17)14(19)18-8-9-20-13(10-18)11-2-5-15-6-3-11/h2-7,13H,8-10H2,1H3. The van der Waals surface area contributed by atoms with Crippen molar-refractivity contribution in [1.29, 1.82) is 0 Å². The number of aromatic nitrogens is 3. The molecule has 0 radical (unpaired) electrons. The number of morpholine rings is 1. The van der Waals surface area contributed by atoms with E-state index in [1.165, 1.54) is 0 Å². The van der Waals surface area contributed by atoms with Crippen molar-refractivity contribution in [2.24, 2.45) is 7.05 Å². The first kappa shape index (κ1) is 12.8. The Bertz CT molecular complexity index is 596. The molecule has 0 bridgehead atoms. The van der Waals surface area contributed by atoms with Crippen molar-refractivity contribution < 1.29 is 9.53 Å². The van der Waals surface area contributed by atoms with Crippen molar-refractivity contribution >= 4 is 5.91 Å². The van der Waals surface area contributed by atoms with Crippen molar-refractivity contribution in [3.05, 3.63) is 48.0 Å². The summed E-state index contributed by atoms with van der Waals surface area (Å²) >= 11 is 0. The molecule has 6 heteroatoms. The van der Waals surface area contributed by atoms with Gasteiger partial charge in [0.05, 0.1) is 13.2 Å². The Morgan fingerprint density at radius 1 is 1.35 bits per heavy atom. The largest absolute Gasteiger partial charge is 0.370 e. The maximum Gasteiger partial charge on any atom is 0.274 e. The second-order valence-corrected chi connectivity index (χ2v) is 4.77. The Balaban J connectivity index is 1.74. The monoisotopic (exact) mass is 272 g/mol. The number of pyridine rings is 1. The van der Waals surface area contributed by atoms with Gasteiger partial charge < -0.3 is 9.64 Å². The molecular formula is C14H16N4O2. The van der Waals surface area contributed by atoms with Crippen LogP contribution in [0.25, 0.3) is 0 Å². The van der Waals surface area contributed by atoms with E-state index in [1.807, 2.05) is 12.1 Å². The zero-order valence-electron chi connectivity index (χ0n) is 11.3. The fraction of sp³-hybridized carbons (Fsp3) is 0.357. The minimum absolute atomic E-state index is 0.0482. The number of carbonyl (C=O) groups is 1. The average molecular weight is 272 g/mol. The number of carbonyl (C=O) groups excluding carboxylic acids is 1.